The number of esters is 1. The van der Waals surface area contributed by atoms with Crippen molar-refractivity contribution in [2.45, 2.75) is 12.5 Å². The Morgan fingerprint density at radius 1 is 1.33 bits per heavy atom. The molecule has 21 heavy (non-hydrogen) atoms. The molecular formula is C14H18N2O4S. The van der Waals surface area contributed by atoms with E-state index in [-0.39, 0.29) is 19.5 Å². The third kappa shape index (κ3) is 3.90. The highest BCUT2D eigenvalue weighted by molar-refractivity contribution is 7.87. The van der Waals surface area contributed by atoms with Gasteiger partial charge in [-0.05, 0) is 12.0 Å². The van der Waals surface area contributed by atoms with Gasteiger partial charge in [0, 0.05) is 13.1 Å². The molecule has 0 aromatic heterocycles. The summed E-state index contributed by atoms with van der Waals surface area (Å²) in [6.07, 6.45) is 3.70. The molecule has 0 fully saturated rings. The van der Waals surface area contributed by atoms with E-state index < -0.39 is 22.2 Å². The number of nitrogens with zero attached hydrogens (tertiary/aromatic N) is 1. The highest BCUT2D eigenvalue weighted by Gasteiger charge is 2.35. The molecule has 0 aliphatic carbocycles. The summed E-state index contributed by atoms with van der Waals surface area (Å²) in [5.41, 5.74) is 0.872. The number of ether oxygens (including phenoxy) is 1. The molecule has 1 aromatic rings. The highest BCUT2D eigenvalue weighted by Crippen LogP contribution is 2.15. The van der Waals surface area contributed by atoms with E-state index >= 15 is 0 Å². The van der Waals surface area contributed by atoms with Crippen molar-refractivity contribution in [1.29, 1.82) is 0 Å². The van der Waals surface area contributed by atoms with E-state index in [9.17, 15) is 13.2 Å². The second-order valence-corrected chi connectivity index (χ2v) is 6.33. The molecule has 1 aromatic carbocycles. The third-order valence-corrected chi connectivity index (χ3v) is 4.79. The summed E-state index contributed by atoms with van der Waals surface area (Å²) in [4.78, 5) is 12.0. The van der Waals surface area contributed by atoms with Crippen LogP contribution < -0.4 is 4.72 Å². The van der Waals surface area contributed by atoms with Gasteiger partial charge in [-0.15, -0.1) is 0 Å². The first kappa shape index (κ1) is 15.7. The lowest BCUT2D eigenvalue weighted by Gasteiger charge is -2.27. The first-order valence-electron chi connectivity index (χ1n) is 6.58. The van der Waals surface area contributed by atoms with Gasteiger partial charge in [-0.1, -0.05) is 42.5 Å². The normalized spacial score (nSPS) is 19.7. The van der Waals surface area contributed by atoms with E-state index in [2.05, 4.69) is 4.72 Å². The van der Waals surface area contributed by atoms with Gasteiger partial charge >= 0.3 is 5.97 Å². The minimum atomic E-state index is -3.71. The molecule has 0 unspecified atom stereocenters. The molecule has 0 bridgehead atoms. The topological polar surface area (TPSA) is 75.7 Å². The van der Waals surface area contributed by atoms with Crippen LogP contribution in [-0.4, -0.2) is 44.9 Å². The highest BCUT2D eigenvalue weighted by atomic mass is 32.2. The van der Waals surface area contributed by atoms with Crippen LogP contribution >= 0.6 is 0 Å². The van der Waals surface area contributed by atoms with Gasteiger partial charge in [0.15, 0.2) is 0 Å². The van der Waals surface area contributed by atoms with Gasteiger partial charge in [0.25, 0.3) is 10.2 Å². The average Bonchev–Trinajstić information content (AvgIpc) is 2.66. The first-order chi connectivity index (χ1) is 10.0. The van der Waals surface area contributed by atoms with Crippen molar-refractivity contribution in [1.82, 2.24) is 9.03 Å². The van der Waals surface area contributed by atoms with Crippen molar-refractivity contribution in [2.75, 3.05) is 20.2 Å². The molecule has 6 nitrogen and oxygen atoms in total. The number of carbonyl (C=O) groups is 1. The first-order valence-corrected chi connectivity index (χ1v) is 8.02. The van der Waals surface area contributed by atoms with Gasteiger partial charge in [0.05, 0.1) is 7.11 Å². The summed E-state index contributed by atoms with van der Waals surface area (Å²) in [5, 5.41) is 0. The number of rotatable bonds is 4. The van der Waals surface area contributed by atoms with Crippen molar-refractivity contribution in [3.8, 4) is 0 Å². The number of hydrogen-bond acceptors (Lipinski definition) is 4. The van der Waals surface area contributed by atoms with Crippen LogP contribution in [0.5, 0.6) is 0 Å². The van der Waals surface area contributed by atoms with Gasteiger partial charge in [-0.3, -0.25) is 4.79 Å². The molecule has 0 radical (unpaired) electrons. The zero-order valence-corrected chi connectivity index (χ0v) is 12.5. The van der Waals surface area contributed by atoms with E-state index in [1.54, 1.807) is 12.2 Å². The fourth-order valence-corrected chi connectivity index (χ4v) is 3.42. The SMILES string of the molecule is COC(=O)[C@H](Cc1ccccc1)N1CC=CCNS1(=O)=O. The number of carbonyl (C=O) groups excluding carboxylic acids is 1. The average molecular weight is 310 g/mol. The molecule has 1 aliphatic rings. The molecule has 0 saturated carbocycles. The van der Waals surface area contributed by atoms with Crippen LogP contribution in [0, 0.1) is 0 Å². The Kier molecular flexibility index (Phi) is 5.11. The summed E-state index contributed by atoms with van der Waals surface area (Å²) in [6, 6.07) is 8.37. The lowest BCUT2D eigenvalue weighted by molar-refractivity contribution is -0.145. The third-order valence-electron chi connectivity index (χ3n) is 3.24. The van der Waals surface area contributed by atoms with Crippen molar-refractivity contribution >= 4 is 16.2 Å². The molecule has 2 rings (SSSR count). The molecule has 1 heterocycles. The fourth-order valence-electron chi connectivity index (χ4n) is 2.17. The van der Waals surface area contributed by atoms with E-state index in [1.807, 2.05) is 30.3 Å². The summed E-state index contributed by atoms with van der Waals surface area (Å²) in [5.74, 6) is -0.570. The maximum absolute atomic E-state index is 12.2. The smallest absolute Gasteiger partial charge is 0.324 e. The standard InChI is InChI=1S/C14H18N2O4S/c1-20-14(17)13(11-12-7-3-2-4-8-12)16-10-6-5-9-15-21(16,18)19/h2-8,13,15H,9-11H2,1H3/t13-/m0/s1. The van der Waals surface area contributed by atoms with Crippen LogP contribution in [0.3, 0.4) is 0 Å². The molecule has 0 amide bonds. The Morgan fingerprint density at radius 3 is 2.71 bits per heavy atom. The number of methoxy groups -OCH3 is 1. The Bertz CT molecular complexity index is 613. The maximum Gasteiger partial charge on any atom is 0.324 e. The van der Waals surface area contributed by atoms with Crippen molar-refractivity contribution in [2.24, 2.45) is 0 Å². The molecule has 0 saturated heterocycles. The number of nitrogens with one attached hydrogen (secondary N) is 1. The zero-order valence-electron chi connectivity index (χ0n) is 11.7. The quantitative estimate of drug-likeness (QED) is 0.648. The van der Waals surface area contributed by atoms with Crippen molar-refractivity contribution in [3.63, 3.8) is 0 Å². The number of benzene rings is 1. The molecule has 1 aliphatic heterocycles. The van der Waals surface area contributed by atoms with Crippen LogP contribution in [0.15, 0.2) is 42.5 Å². The lowest BCUT2D eigenvalue weighted by Crippen LogP contribution is -2.50. The van der Waals surface area contributed by atoms with Gasteiger partial charge < -0.3 is 4.74 Å². The van der Waals surface area contributed by atoms with Gasteiger partial charge in [0.2, 0.25) is 0 Å². The Balaban J connectivity index is 2.30. The maximum atomic E-state index is 12.2. The minimum Gasteiger partial charge on any atom is -0.468 e. The van der Waals surface area contributed by atoms with E-state index in [0.717, 1.165) is 9.87 Å². The molecular weight excluding hydrogens is 292 g/mol. The summed E-state index contributed by atoms with van der Waals surface area (Å²) >= 11 is 0. The van der Waals surface area contributed by atoms with Crippen LogP contribution in [0.25, 0.3) is 0 Å². The molecule has 1 atom stereocenters. The van der Waals surface area contributed by atoms with Crippen LogP contribution in [-0.2, 0) is 26.2 Å². The van der Waals surface area contributed by atoms with Gasteiger partial charge in [-0.2, -0.15) is 17.4 Å². The van der Waals surface area contributed by atoms with Gasteiger partial charge in [-0.25, -0.2) is 0 Å². The van der Waals surface area contributed by atoms with E-state index in [1.165, 1.54) is 7.11 Å². The number of hydrogen-bond donors (Lipinski definition) is 1. The molecule has 1 N–H and O–H groups in total. The lowest BCUT2D eigenvalue weighted by atomic mass is 10.1. The van der Waals surface area contributed by atoms with Gasteiger partial charge in [0.1, 0.15) is 6.04 Å². The summed E-state index contributed by atoms with van der Waals surface area (Å²) in [7, 11) is -2.46. The Labute approximate surface area is 124 Å². The monoisotopic (exact) mass is 310 g/mol. The Hall–Kier alpha value is -1.70. The largest absolute Gasteiger partial charge is 0.468 e. The zero-order chi connectivity index (χ0) is 15.3. The molecule has 7 heteroatoms. The van der Waals surface area contributed by atoms with Crippen molar-refractivity contribution < 1.29 is 17.9 Å². The molecule has 114 valence electrons. The van der Waals surface area contributed by atoms with Crippen molar-refractivity contribution in [3.05, 3.63) is 48.0 Å². The summed E-state index contributed by atoms with van der Waals surface area (Å²) < 4.78 is 32.8. The fraction of sp³-hybridized carbons (Fsp3) is 0.357. The van der Waals surface area contributed by atoms with Crippen LogP contribution in [0.4, 0.5) is 0 Å². The molecule has 0 spiro atoms. The van der Waals surface area contributed by atoms with E-state index in [0.29, 0.717) is 0 Å². The van der Waals surface area contributed by atoms with Crippen LogP contribution in [0.2, 0.25) is 0 Å². The van der Waals surface area contributed by atoms with Crippen LogP contribution in [0.1, 0.15) is 5.56 Å². The second-order valence-electron chi connectivity index (χ2n) is 4.62. The Morgan fingerprint density at radius 2 is 2.05 bits per heavy atom. The predicted molar refractivity (Wildman–Crippen MR) is 78.7 cm³/mol. The second kappa shape index (κ2) is 6.84. The van der Waals surface area contributed by atoms with E-state index in [4.69, 9.17) is 4.74 Å². The minimum absolute atomic E-state index is 0.141. The summed E-state index contributed by atoms with van der Waals surface area (Å²) in [6.45, 7) is 0.361. The predicted octanol–water partition coefficient (Wildman–Crippen LogP) is 0.477.